The molecule has 1 aromatic carbocycles. The molecule has 2 heterocycles. The molecule has 25 heavy (non-hydrogen) atoms. The standard InChI is InChI=1S/C18H17NO5S/c1-2-21-14-5-7-15(8-6-14)22-12-18(20)23-11-13-10-16(24-19-13)17-4-3-9-25-17/h3-10H,2,11-12H2,1H3. The van der Waals surface area contributed by atoms with Crippen molar-refractivity contribution in [1.29, 1.82) is 0 Å². The van der Waals surface area contributed by atoms with Gasteiger partial charge < -0.3 is 18.7 Å². The maximum Gasteiger partial charge on any atom is 0.344 e. The van der Waals surface area contributed by atoms with E-state index in [1.807, 2.05) is 24.4 Å². The predicted octanol–water partition coefficient (Wildman–Crippen LogP) is 3.92. The van der Waals surface area contributed by atoms with Crippen LogP contribution in [0.1, 0.15) is 12.6 Å². The third-order valence-corrected chi connectivity index (χ3v) is 4.08. The molecule has 130 valence electrons. The Balaban J connectivity index is 1.43. The molecule has 0 amide bonds. The molecule has 0 saturated carbocycles. The quantitative estimate of drug-likeness (QED) is 0.568. The topological polar surface area (TPSA) is 70.8 Å². The Morgan fingerprint density at radius 2 is 1.92 bits per heavy atom. The number of benzene rings is 1. The maximum atomic E-state index is 11.8. The molecule has 3 rings (SSSR count). The van der Waals surface area contributed by atoms with Gasteiger partial charge >= 0.3 is 5.97 Å². The Morgan fingerprint density at radius 1 is 1.16 bits per heavy atom. The fourth-order valence-corrected chi connectivity index (χ4v) is 2.73. The number of rotatable bonds is 8. The first kappa shape index (κ1) is 17.0. The van der Waals surface area contributed by atoms with E-state index in [9.17, 15) is 4.79 Å². The lowest BCUT2D eigenvalue weighted by atomic mass is 10.3. The second kappa shape index (κ2) is 8.34. The highest BCUT2D eigenvalue weighted by Gasteiger charge is 2.10. The molecule has 0 N–H and O–H groups in total. The van der Waals surface area contributed by atoms with E-state index in [1.54, 1.807) is 41.7 Å². The van der Waals surface area contributed by atoms with E-state index in [1.165, 1.54) is 0 Å². The van der Waals surface area contributed by atoms with Gasteiger partial charge in [-0.2, -0.15) is 0 Å². The smallest absolute Gasteiger partial charge is 0.344 e. The van der Waals surface area contributed by atoms with E-state index in [4.69, 9.17) is 18.7 Å². The Bertz CT molecular complexity index is 795. The minimum atomic E-state index is -0.477. The Kier molecular flexibility index (Phi) is 5.69. The van der Waals surface area contributed by atoms with Crippen LogP contribution >= 0.6 is 11.3 Å². The summed E-state index contributed by atoms with van der Waals surface area (Å²) in [6.45, 7) is 2.38. The van der Waals surface area contributed by atoms with Gasteiger partial charge in [0.15, 0.2) is 12.4 Å². The van der Waals surface area contributed by atoms with E-state index < -0.39 is 5.97 Å². The van der Waals surface area contributed by atoms with E-state index in [-0.39, 0.29) is 13.2 Å². The molecule has 7 heteroatoms. The van der Waals surface area contributed by atoms with Crippen LogP contribution in [0, 0.1) is 0 Å². The summed E-state index contributed by atoms with van der Waals surface area (Å²) in [4.78, 5) is 12.7. The van der Waals surface area contributed by atoms with Crippen molar-refractivity contribution in [3.05, 3.63) is 53.5 Å². The summed E-state index contributed by atoms with van der Waals surface area (Å²) in [6.07, 6.45) is 0. The Labute approximate surface area is 148 Å². The molecule has 0 saturated heterocycles. The number of aromatic nitrogens is 1. The van der Waals surface area contributed by atoms with Gasteiger partial charge in [-0.15, -0.1) is 11.3 Å². The fourth-order valence-electron chi connectivity index (χ4n) is 2.05. The summed E-state index contributed by atoms with van der Waals surface area (Å²) in [5.74, 6) is 1.51. The van der Waals surface area contributed by atoms with Crippen LogP contribution in [0.15, 0.2) is 52.4 Å². The van der Waals surface area contributed by atoms with Gasteiger partial charge in [0.05, 0.1) is 11.5 Å². The van der Waals surface area contributed by atoms with Crippen LogP contribution in [-0.2, 0) is 16.1 Å². The summed E-state index contributed by atoms with van der Waals surface area (Å²) < 4.78 is 21.1. The van der Waals surface area contributed by atoms with Crippen molar-refractivity contribution in [3.8, 4) is 22.1 Å². The summed E-state index contributed by atoms with van der Waals surface area (Å²) in [6, 6.07) is 12.7. The summed E-state index contributed by atoms with van der Waals surface area (Å²) in [5, 5.41) is 5.84. The van der Waals surface area contributed by atoms with Gasteiger partial charge in [0.25, 0.3) is 0 Å². The molecule has 0 radical (unpaired) electrons. The highest BCUT2D eigenvalue weighted by molar-refractivity contribution is 7.13. The van der Waals surface area contributed by atoms with Gasteiger partial charge in [0.1, 0.15) is 23.8 Å². The third-order valence-electron chi connectivity index (χ3n) is 3.20. The normalized spacial score (nSPS) is 10.4. The zero-order valence-corrected chi connectivity index (χ0v) is 14.5. The molecule has 0 unspecified atom stereocenters. The molecule has 0 aliphatic rings. The third kappa shape index (κ3) is 4.84. The van der Waals surface area contributed by atoms with Gasteiger partial charge in [-0.3, -0.25) is 0 Å². The summed E-state index contributed by atoms with van der Waals surface area (Å²) in [5.41, 5.74) is 0.554. The summed E-state index contributed by atoms with van der Waals surface area (Å²) in [7, 11) is 0. The van der Waals surface area contributed by atoms with E-state index >= 15 is 0 Å². The highest BCUT2D eigenvalue weighted by atomic mass is 32.1. The van der Waals surface area contributed by atoms with Crippen LogP contribution in [0.3, 0.4) is 0 Å². The van der Waals surface area contributed by atoms with Gasteiger partial charge in [-0.05, 0) is 42.6 Å². The number of thiophene rings is 1. The van der Waals surface area contributed by atoms with Crippen LogP contribution in [0.25, 0.3) is 10.6 Å². The zero-order valence-electron chi connectivity index (χ0n) is 13.6. The lowest BCUT2D eigenvalue weighted by molar-refractivity contribution is -0.147. The highest BCUT2D eigenvalue weighted by Crippen LogP contribution is 2.25. The first-order valence-electron chi connectivity index (χ1n) is 7.75. The van der Waals surface area contributed by atoms with Crippen molar-refractivity contribution < 1.29 is 23.5 Å². The van der Waals surface area contributed by atoms with Crippen molar-refractivity contribution in [2.45, 2.75) is 13.5 Å². The number of carbonyl (C=O) groups excluding carboxylic acids is 1. The molecule has 0 fully saturated rings. The SMILES string of the molecule is CCOc1ccc(OCC(=O)OCc2cc(-c3cccs3)on2)cc1. The molecule has 0 aliphatic carbocycles. The number of nitrogens with zero attached hydrogens (tertiary/aromatic N) is 1. The predicted molar refractivity (Wildman–Crippen MR) is 92.7 cm³/mol. The van der Waals surface area contributed by atoms with E-state index in [0.29, 0.717) is 23.8 Å². The van der Waals surface area contributed by atoms with Crippen molar-refractivity contribution in [3.63, 3.8) is 0 Å². The van der Waals surface area contributed by atoms with Crippen LogP contribution in [0.4, 0.5) is 0 Å². The Hall–Kier alpha value is -2.80. The minimum absolute atomic E-state index is 0.0420. The first-order chi connectivity index (χ1) is 12.2. The molecule has 0 aliphatic heterocycles. The molecule has 0 spiro atoms. The number of hydrogen-bond donors (Lipinski definition) is 0. The van der Waals surface area contributed by atoms with Crippen LogP contribution in [0.5, 0.6) is 11.5 Å². The van der Waals surface area contributed by atoms with Crippen molar-refractivity contribution in [2.24, 2.45) is 0 Å². The van der Waals surface area contributed by atoms with Crippen molar-refractivity contribution in [2.75, 3.05) is 13.2 Å². The second-order valence-electron chi connectivity index (χ2n) is 5.01. The zero-order chi connectivity index (χ0) is 17.5. The monoisotopic (exact) mass is 359 g/mol. The minimum Gasteiger partial charge on any atom is -0.494 e. The average Bonchev–Trinajstić information content (AvgIpc) is 3.31. The average molecular weight is 359 g/mol. The molecule has 3 aromatic rings. The molecule has 0 atom stereocenters. The molecule has 2 aromatic heterocycles. The van der Waals surface area contributed by atoms with Crippen molar-refractivity contribution in [1.82, 2.24) is 5.16 Å². The van der Waals surface area contributed by atoms with Crippen molar-refractivity contribution >= 4 is 17.3 Å². The van der Waals surface area contributed by atoms with Gasteiger partial charge in [0, 0.05) is 6.07 Å². The van der Waals surface area contributed by atoms with E-state index in [2.05, 4.69) is 5.16 Å². The van der Waals surface area contributed by atoms with Gasteiger partial charge in [-0.1, -0.05) is 11.2 Å². The van der Waals surface area contributed by atoms with Crippen LogP contribution < -0.4 is 9.47 Å². The van der Waals surface area contributed by atoms with Gasteiger partial charge in [-0.25, -0.2) is 4.79 Å². The Morgan fingerprint density at radius 3 is 2.60 bits per heavy atom. The number of carbonyl (C=O) groups is 1. The number of ether oxygens (including phenoxy) is 3. The first-order valence-corrected chi connectivity index (χ1v) is 8.63. The summed E-state index contributed by atoms with van der Waals surface area (Å²) >= 11 is 1.55. The maximum absolute atomic E-state index is 11.8. The van der Waals surface area contributed by atoms with Crippen LogP contribution in [0.2, 0.25) is 0 Å². The number of esters is 1. The fraction of sp³-hybridized carbons (Fsp3) is 0.222. The molecule has 6 nitrogen and oxygen atoms in total. The van der Waals surface area contributed by atoms with Crippen LogP contribution in [-0.4, -0.2) is 24.3 Å². The molecular formula is C18H17NO5S. The molecular weight excluding hydrogens is 342 g/mol. The van der Waals surface area contributed by atoms with E-state index in [0.717, 1.165) is 10.6 Å². The second-order valence-corrected chi connectivity index (χ2v) is 5.96. The molecule has 0 bridgehead atoms. The lowest BCUT2D eigenvalue weighted by Crippen LogP contribution is -2.14. The lowest BCUT2D eigenvalue weighted by Gasteiger charge is -2.07. The number of hydrogen-bond acceptors (Lipinski definition) is 7. The van der Waals surface area contributed by atoms with Gasteiger partial charge in [0.2, 0.25) is 0 Å². The largest absolute Gasteiger partial charge is 0.494 e.